The Morgan fingerprint density at radius 3 is 2.76 bits per heavy atom. The summed E-state index contributed by atoms with van der Waals surface area (Å²) in [5, 5.41) is 2.85. The molecule has 1 aliphatic rings. The fourth-order valence-electron chi connectivity index (χ4n) is 2.30. The highest BCUT2D eigenvalue weighted by molar-refractivity contribution is 7.09. The van der Waals surface area contributed by atoms with E-state index in [-0.39, 0.29) is 0 Å². The van der Waals surface area contributed by atoms with Gasteiger partial charge < -0.3 is 20.2 Å². The molecule has 0 radical (unpaired) electrons. The molecule has 21 heavy (non-hydrogen) atoms. The van der Waals surface area contributed by atoms with Crippen LogP contribution in [0.4, 0.5) is 0 Å². The van der Waals surface area contributed by atoms with Crippen molar-refractivity contribution in [3.63, 3.8) is 0 Å². The van der Waals surface area contributed by atoms with Gasteiger partial charge in [-0.15, -0.1) is 11.3 Å². The number of ether oxygens (including phenoxy) is 2. The van der Waals surface area contributed by atoms with Crippen LogP contribution < -0.4 is 15.2 Å². The minimum Gasteiger partial charge on any atom is -0.489 e. The van der Waals surface area contributed by atoms with Gasteiger partial charge in [0, 0.05) is 30.5 Å². The fourth-order valence-corrected chi connectivity index (χ4v) is 2.96. The van der Waals surface area contributed by atoms with E-state index in [0.29, 0.717) is 19.8 Å². The van der Waals surface area contributed by atoms with Crippen LogP contribution in [0.3, 0.4) is 0 Å². The number of aromatic nitrogens is 3. The second kappa shape index (κ2) is 5.01. The van der Waals surface area contributed by atoms with Crippen molar-refractivity contribution in [2.24, 2.45) is 5.73 Å². The van der Waals surface area contributed by atoms with E-state index in [9.17, 15) is 0 Å². The number of nitrogens with two attached hydrogens (primary N) is 1. The highest BCUT2D eigenvalue weighted by Gasteiger charge is 2.15. The Hall–Kier alpha value is -2.12. The summed E-state index contributed by atoms with van der Waals surface area (Å²) in [5.41, 5.74) is 8.17. The third-order valence-corrected chi connectivity index (χ3v) is 4.19. The third-order valence-electron chi connectivity index (χ3n) is 3.32. The largest absolute Gasteiger partial charge is 0.489 e. The molecule has 0 bridgehead atoms. The molecule has 0 fully saturated rings. The molecule has 7 heteroatoms. The van der Waals surface area contributed by atoms with Crippen molar-refractivity contribution in [3.8, 4) is 23.0 Å². The lowest BCUT2D eigenvalue weighted by molar-refractivity contribution is 0.297. The summed E-state index contributed by atoms with van der Waals surface area (Å²) < 4.78 is 11.4. The minimum atomic E-state index is 0.445. The number of nitrogens with one attached hydrogen (secondary N) is 1. The van der Waals surface area contributed by atoms with E-state index in [1.807, 2.05) is 17.5 Å². The zero-order chi connectivity index (χ0) is 14.2. The van der Waals surface area contributed by atoms with Gasteiger partial charge >= 0.3 is 0 Å². The van der Waals surface area contributed by atoms with Gasteiger partial charge in [0.2, 0.25) is 0 Å². The summed E-state index contributed by atoms with van der Waals surface area (Å²) in [6.07, 6.45) is 0.891. The molecular formula is C14H14N4O2S. The molecule has 0 saturated carbocycles. The van der Waals surface area contributed by atoms with E-state index < -0.39 is 0 Å². The molecule has 3 heterocycles. The number of benzene rings is 1. The second-order valence-electron chi connectivity index (χ2n) is 4.78. The average Bonchev–Trinajstić information content (AvgIpc) is 3.06. The molecule has 2 aromatic heterocycles. The van der Waals surface area contributed by atoms with Gasteiger partial charge in [-0.25, -0.2) is 9.97 Å². The van der Waals surface area contributed by atoms with E-state index in [0.717, 1.165) is 45.5 Å². The van der Waals surface area contributed by atoms with Gasteiger partial charge in [0.1, 0.15) is 10.7 Å². The Labute approximate surface area is 124 Å². The maximum atomic E-state index is 5.69. The first-order valence-electron chi connectivity index (χ1n) is 6.78. The first kappa shape index (κ1) is 12.6. The van der Waals surface area contributed by atoms with Gasteiger partial charge in [-0.3, -0.25) is 0 Å². The number of rotatable bonds is 2. The molecule has 3 N–H and O–H groups in total. The summed E-state index contributed by atoms with van der Waals surface area (Å²) in [6, 6.07) is 3.84. The number of aromatic amines is 1. The van der Waals surface area contributed by atoms with Gasteiger partial charge in [0.05, 0.1) is 24.2 Å². The Kier molecular flexibility index (Phi) is 3.01. The molecule has 0 atom stereocenters. The normalized spacial score (nSPS) is 14.3. The van der Waals surface area contributed by atoms with Crippen LogP contribution in [-0.2, 0) is 6.54 Å². The predicted molar refractivity (Wildman–Crippen MR) is 80.7 cm³/mol. The van der Waals surface area contributed by atoms with Crippen molar-refractivity contribution >= 4 is 22.4 Å². The van der Waals surface area contributed by atoms with E-state index in [4.69, 9.17) is 15.2 Å². The Balaban J connectivity index is 1.79. The number of hydrogen-bond acceptors (Lipinski definition) is 6. The topological polar surface area (TPSA) is 86.1 Å². The Morgan fingerprint density at radius 2 is 2.00 bits per heavy atom. The summed E-state index contributed by atoms with van der Waals surface area (Å²) in [5.74, 6) is 2.25. The molecule has 0 aliphatic carbocycles. The molecule has 0 amide bonds. The van der Waals surface area contributed by atoms with Crippen molar-refractivity contribution in [3.05, 3.63) is 22.5 Å². The fraction of sp³-hybridized carbons (Fsp3) is 0.286. The molecule has 0 saturated heterocycles. The highest BCUT2D eigenvalue weighted by atomic mass is 32.1. The first-order valence-corrected chi connectivity index (χ1v) is 7.65. The first-order chi connectivity index (χ1) is 10.3. The van der Waals surface area contributed by atoms with E-state index in [1.54, 1.807) is 0 Å². The van der Waals surface area contributed by atoms with Crippen LogP contribution in [0.15, 0.2) is 17.5 Å². The zero-order valence-corrected chi connectivity index (χ0v) is 12.1. The van der Waals surface area contributed by atoms with Gasteiger partial charge in [-0.1, -0.05) is 0 Å². The van der Waals surface area contributed by atoms with Crippen LogP contribution in [0.25, 0.3) is 22.6 Å². The lowest BCUT2D eigenvalue weighted by Crippen LogP contribution is -1.97. The summed E-state index contributed by atoms with van der Waals surface area (Å²) >= 11 is 1.54. The molecular weight excluding hydrogens is 288 g/mol. The van der Waals surface area contributed by atoms with Crippen LogP contribution in [-0.4, -0.2) is 28.2 Å². The van der Waals surface area contributed by atoms with Crippen LogP contribution >= 0.6 is 11.3 Å². The van der Waals surface area contributed by atoms with Crippen molar-refractivity contribution in [2.45, 2.75) is 13.0 Å². The molecule has 0 spiro atoms. The Morgan fingerprint density at radius 1 is 1.19 bits per heavy atom. The van der Waals surface area contributed by atoms with Crippen LogP contribution in [0.1, 0.15) is 11.4 Å². The van der Waals surface area contributed by atoms with Crippen molar-refractivity contribution < 1.29 is 9.47 Å². The van der Waals surface area contributed by atoms with Crippen molar-refractivity contribution in [1.82, 2.24) is 15.0 Å². The number of H-pyrrole nitrogens is 1. The summed E-state index contributed by atoms with van der Waals surface area (Å²) in [4.78, 5) is 12.3. The maximum Gasteiger partial charge on any atom is 0.163 e. The van der Waals surface area contributed by atoms with Crippen LogP contribution in [0.5, 0.6) is 11.5 Å². The average molecular weight is 302 g/mol. The molecule has 108 valence electrons. The third kappa shape index (κ3) is 2.24. The van der Waals surface area contributed by atoms with Gasteiger partial charge in [-0.2, -0.15) is 0 Å². The van der Waals surface area contributed by atoms with Crippen LogP contribution in [0.2, 0.25) is 0 Å². The zero-order valence-electron chi connectivity index (χ0n) is 11.3. The summed E-state index contributed by atoms with van der Waals surface area (Å²) in [7, 11) is 0. The van der Waals surface area contributed by atoms with Crippen molar-refractivity contribution in [1.29, 1.82) is 0 Å². The smallest absolute Gasteiger partial charge is 0.163 e. The SMILES string of the molecule is NCc1nc(-c2nc3cc4c(cc3[nH]2)OCCCO4)cs1. The number of thiazole rings is 1. The minimum absolute atomic E-state index is 0.445. The molecule has 0 unspecified atom stereocenters. The number of hydrogen-bond donors (Lipinski definition) is 2. The predicted octanol–water partition coefficient (Wildman–Crippen LogP) is 2.31. The van der Waals surface area contributed by atoms with E-state index in [2.05, 4.69) is 15.0 Å². The van der Waals surface area contributed by atoms with Gasteiger partial charge in [-0.05, 0) is 0 Å². The molecule has 4 rings (SSSR count). The summed E-state index contributed by atoms with van der Waals surface area (Å²) in [6.45, 7) is 1.79. The quantitative estimate of drug-likeness (QED) is 0.758. The lowest BCUT2D eigenvalue weighted by Gasteiger charge is -2.05. The maximum absolute atomic E-state index is 5.69. The van der Waals surface area contributed by atoms with Gasteiger partial charge in [0.25, 0.3) is 0 Å². The number of fused-ring (bicyclic) bond motifs is 2. The standard InChI is InChI=1S/C14H14N4O2S/c15-6-13-16-10(7-21-13)14-17-8-4-11-12(5-9(8)18-14)20-3-1-2-19-11/h4-5,7H,1-3,6,15H2,(H,17,18). The Bertz CT molecular complexity index is 752. The monoisotopic (exact) mass is 302 g/mol. The van der Waals surface area contributed by atoms with Crippen molar-refractivity contribution in [2.75, 3.05) is 13.2 Å². The highest BCUT2D eigenvalue weighted by Crippen LogP contribution is 2.34. The molecule has 6 nitrogen and oxygen atoms in total. The molecule has 3 aromatic rings. The number of nitrogens with zero attached hydrogens (tertiary/aromatic N) is 2. The van der Waals surface area contributed by atoms with Crippen LogP contribution in [0, 0.1) is 0 Å². The lowest BCUT2D eigenvalue weighted by atomic mass is 10.3. The van der Waals surface area contributed by atoms with Gasteiger partial charge in [0.15, 0.2) is 17.3 Å². The molecule has 1 aliphatic heterocycles. The molecule has 1 aromatic carbocycles. The van der Waals surface area contributed by atoms with E-state index >= 15 is 0 Å². The number of imidazole rings is 1. The van der Waals surface area contributed by atoms with E-state index in [1.165, 1.54) is 11.3 Å². The second-order valence-corrected chi connectivity index (χ2v) is 5.73.